The van der Waals surface area contributed by atoms with Crippen LogP contribution in [0.4, 0.5) is 8.78 Å². The molecule has 3 nitrogen and oxygen atoms in total. The second-order valence-corrected chi connectivity index (χ2v) is 5.57. The molecule has 0 unspecified atom stereocenters. The van der Waals surface area contributed by atoms with Gasteiger partial charge in [-0.3, -0.25) is 5.41 Å². The number of nitrogens with one attached hydrogen (secondary N) is 1. The minimum Gasteiger partial charge on any atom is -0.454 e. The van der Waals surface area contributed by atoms with Crippen LogP contribution < -0.4 is 10.5 Å². The number of ether oxygens (including phenoxy) is 1. The van der Waals surface area contributed by atoms with E-state index in [-0.39, 0.29) is 27.4 Å². The summed E-state index contributed by atoms with van der Waals surface area (Å²) in [7, 11) is 0. The summed E-state index contributed by atoms with van der Waals surface area (Å²) in [5, 5.41) is 7.31. The third-order valence-corrected chi connectivity index (χ3v) is 3.63. The fourth-order valence-corrected chi connectivity index (χ4v) is 2.52. The van der Waals surface area contributed by atoms with Crippen molar-refractivity contribution in [2.45, 2.75) is 0 Å². The van der Waals surface area contributed by atoms with Crippen molar-refractivity contribution in [1.29, 1.82) is 5.41 Å². The van der Waals surface area contributed by atoms with Crippen LogP contribution in [-0.4, -0.2) is 5.84 Å². The zero-order chi connectivity index (χ0) is 14.9. The Morgan fingerprint density at radius 1 is 1.15 bits per heavy atom. The standard InChI is InChI=1S/C13H8Br2F2N2O/c14-6-3-7(16)5-8(4-6)20-10-2-1-9(13(18)19)11(15)12(10)17/h1-5H,(H3,18,19). The van der Waals surface area contributed by atoms with E-state index in [9.17, 15) is 8.78 Å². The predicted octanol–water partition coefficient (Wildman–Crippen LogP) is 4.57. The number of amidine groups is 1. The van der Waals surface area contributed by atoms with E-state index in [1.165, 1.54) is 24.3 Å². The SMILES string of the molecule is N=C(N)c1ccc(Oc2cc(F)cc(Br)c2)c(F)c1Br. The Balaban J connectivity index is 2.39. The van der Waals surface area contributed by atoms with Gasteiger partial charge in [0.1, 0.15) is 17.4 Å². The highest BCUT2D eigenvalue weighted by Crippen LogP contribution is 2.32. The third-order valence-electron chi connectivity index (χ3n) is 2.40. The summed E-state index contributed by atoms with van der Waals surface area (Å²) in [5.74, 6) is -1.43. The lowest BCUT2D eigenvalue weighted by atomic mass is 10.2. The van der Waals surface area contributed by atoms with E-state index >= 15 is 0 Å². The van der Waals surface area contributed by atoms with Gasteiger partial charge >= 0.3 is 0 Å². The first-order chi connectivity index (χ1) is 9.38. The maximum atomic E-state index is 14.1. The molecule has 7 heteroatoms. The number of hydrogen-bond donors (Lipinski definition) is 2. The maximum absolute atomic E-state index is 14.1. The highest BCUT2D eigenvalue weighted by atomic mass is 79.9. The Morgan fingerprint density at radius 2 is 1.85 bits per heavy atom. The van der Waals surface area contributed by atoms with Crippen LogP contribution in [0.25, 0.3) is 0 Å². The van der Waals surface area contributed by atoms with E-state index in [1.807, 2.05) is 0 Å². The lowest BCUT2D eigenvalue weighted by Gasteiger charge is -2.10. The Bertz CT molecular complexity index is 672. The lowest BCUT2D eigenvalue weighted by molar-refractivity contribution is 0.436. The monoisotopic (exact) mass is 404 g/mol. The Kier molecular flexibility index (Phi) is 4.39. The van der Waals surface area contributed by atoms with Crippen molar-refractivity contribution in [2.24, 2.45) is 5.73 Å². The van der Waals surface area contributed by atoms with Gasteiger partial charge in [-0.15, -0.1) is 0 Å². The largest absolute Gasteiger partial charge is 0.454 e. The number of benzene rings is 2. The molecule has 0 spiro atoms. The maximum Gasteiger partial charge on any atom is 0.180 e. The average molecular weight is 406 g/mol. The van der Waals surface area contributed by atoms with Crippen molar-refractivity contribution in [1.82, 2.24) is 0 Å². The van der Waals surface area contributed by atoms with Gasteiger partial charge in [-0.1, -0.05) is 15.9 Å². The normalized spacial score (nSPS) is 10.4. The molecule has 20 heavy (non-hydrogen) atoms. The van der Waals surface area contributed by atoms with Gasteiger partial charge in [-0.2, -0.15) is 0 Å². The van der Waals surface area contributed by atoms with Crippen LogP contribution in [0.15, 0.2) is 39.3 Å². The molecule has 0 bridgehead atoms. The summed E-state index contributed by atoms with van der Waals surface area (Å²) in [5.41, 5.74) is 5.53. The molecule has 0 aromatic heterocycles. The van der Waals surface area contributed by atoms with Crippen LogP contribution in [0.3, 0.4) is 0 Å². The van der Waals surface area contributed by atoms with E-state index in [0.29, 0.717) is 4.47 Å². The van der Waals surface area contributed by atoms with E-state index in [1.54, 1.807) is 0 Å². The van der Waals surface area contributed by atoms with Crippen molar-refractivity contribution in [3.8, 4) is 11.5 Å². The molecule has 0 saturated carbocycles. The quantitative estimate of drug-likeness (QED) is 0.580. The van der Waals surface area contributed by atoms with Gasteiger partial charge in [0.05, 0.1) is 4.47 Å². The topological polar surface area (TPSA) is 59.1 Å². The van der Waals surface area contributed by atoms with Crippen molar-refractivity contribution in [3.05, 3.63) is 56.5 Å². The smallest absolute Gasteiger partial charge is 0.180 e. The Morgan fingerprint density at radius 3 is 2.45 bits per heavy atom. The third kappa shape index (κ3) is 3.16. The first-order valence-corrected chi connectivity index (χ1v) is 6.93. The summed E-state index contributed by atoms with van der Waals surface area (Å²) >= 11 is 6.14. The van der Waals surface area contributed by atoms with Gasteiger partial charge in [-0.05, 0) is 40.2 Å². The summed E-state index contributed by atoms with van der Waals surface area (Å²) in [4.78, 5) is 0. The lowest BCUT2D eigenvalue weighted by Crippen LogP contribution is -2.12. The van der Waals surface area contributed by atoms with Gasteiger partial charge in [0.15, 0.2) is 11.6 Å². The van der Waals surface area contributed by atoms with Crippen molar-refractivity contribution in [3.63, 3.8) is 0 Å². The molecule has 0 atom stereocenters. The molecule has 0 heterocycles. The molecule has 0 aliphatic rings. The highest BCUT2D eigenvalue weighted by Gasteiger charge is 2.15. The highest BCUT2D eigenvalue weighted by molar-refractivity contribution is 9.10. The molecule has 0 fully saturated rings. The Hall–Kier alpha value is -1.47. The molecule has 3 N–H and O–H groups in total. The Labute approximate surface area is 130 Å². The summed E-state index contributed by atoms with van der Waals surface area (Å²) in [6, 6.07) is 6.68. The summed E-state index contributed by atoms with van der Waals surface area (Å²) < 4.78 is 33.1. The molecule has 104 valence electrons. The average Bonchev–Trinajstić information content (AvgIpc) is 2.33. The second-order valence-electron chi connectivity index (χ2n) is 3.86. The molecule has 0 amide bonds. The van der Waals surface area contributed by atoms with Crippen LogP contribution in [0.2, 0.25) is 0 Å². The van der Waals surface area contributed by atoms with Crippen LogP contribution in [0.5, 0.6) is 11.5 Å². The van der Waals surface area contributed by atoms with Gasteiger partial charge in [-0.25, -0.2) is 8.78 Å². The van der Waals surface area contributed by atoms with Gasteiger partial charge in [0.25, 0.3) is 0 Å². The van der Waals surface area contributed by atoms with Crippen LogP contribution >= 0.6 is 31.9 Å². The molecule has 0 aliphatic carbocycles. The fourth-order valence-electron chi connectivity index (χ4n) is 1.53. The van der Waals surface area contributed by atoms with Crippen LogP contribution in [-0.2, 0) is 0 Å². The summed E-state index contributed by atoms with van der Waals surface area (Å²) in [6.45, 7) is 0. The first-order valence-electron chi connectivity index (χ1n) is 5.35. The molecule has 2 rings (SSSR count). The van der Waals surface area contributed by atoms with Gasteiger partial charge < -0.3 is 10.5 Å². The van der Waals surface area contributed by atoms with E-state index in [0.717, 1.165) is 6.07 Å². The fraction of sp³-hybridized carbons (Fsp3) is 0. The van der Waals surface area contributed by atoms with E-state index in [4.69, 9.17) is 15.9 Å². The van der Waals surface area contributed by atoms with Crippen molar-refractivity contribution < 1.29 is 13.5 Å². The number of halogens is 4. The minimum atomic E-state index is -0.710. The zero-order valence-electron chi connectivity index (χ0n) is 9.88. The first kappa shape index (κ1) is 14.9. The molecule has 0 aliphatic heterocycles. The molecule has 0 saturated heterocycles. The predicted molar refractivity (Wildman–Crippen MR) is 79.3 cm³/mol. The van der Waals surface area contributed by atoms with Gasteiger partial charge in [0, 0.05) is 16.1 Å². The van der Waals surface area contributed by atoms with Crippen molar-refractivity contribution in [2.75, 3.05) is 0 Å². The molecular weight excluding hydrogens is 398 g/mol. The second kappa shape index (κ2) is 5.88. The minimum absolute atomic E-state index is 0.0259. The summed E-state index contributed by atoms with van der Waals surface area (Å²) in [6.07, 6.45) is 0. The molecular formula is C13H8Br2F2N2O. The van der Waals surface area contributed by atoms with E-state index in [2.05, 4.69) is 31.9 Å². The van der Waals surface area contributed by atoms with E-state index < -0.39 is 11.6 Å². The number of hydrogen-bond acceptors (Lipinski definition) is 2. The number of nitrogen functional groups attached to an aromatic ring is 1. The molecule has 2 aromatic carbocycles. The molecule has 0 radical (unpaired) electrons. The van der Waals surface area contributed by atoms with Crippen LogP contribution in [0.1, 0.15) is 5.56 Å². The number of nitrogens with two attached hydrogens (primary N) is 1. The molecule has 2 aromatic rings. The van der Waals surface area contributed by atoms with Crippen molar-refractivity contribution >= 4 is 37.7 Å². The zero-order valence-corrected chi connectivity index (χ0v) is 13.1. The van der Waals surface area contributed by atoms with Gasteiger partial charge in [0.2, 0.25) is 0 Å². The number of rotatable bonds is 3. The van der Waals surface area contributed by atoms with Crippen LogP contribution in [0, 0.1) is 17.0 Å².